The van der Waals surface area contributed by atoms with E-state index in [0.29, 0.717) is 11.4 Å². The van der Waals surface area contributed by atoms with E-state index in [1.54, 1.807) is 0 Å². The number of nitrogens with one attached hydrogen (secondary N) is 1. The Balaban J connectivity index is 1.58. The molecule has 3 nitrogen and oxygen atoms in total. The number of nitrogen functional groups attached to an aromatic ring is 1. The summed E-state index contributed by atoms with van der Waals surface area (Å²) < 4.78 is 0. The summed E-state index contributed by atoms with van der Waals surface area (Å²) >= 11 is 1.46. The molecule has 0 fully saturated rings. The summed E-state index contributed by atoms with van der Waals surface area (Å²) in [6, 6.07) is 13.8. The van der Waals surface area contributed by atoms with Crippen molar-refractivity contribution in [2.45, 2.75) is 24.2 Å². The van der Waals surface area contributed by atoms with Gasteiger partial charge < -0.3 is 11.1 Å². The monoisotopic (exact) mass is 298 g/mol. The van der Waals surface area contributed by atoms with Crippen molar-refractivity contribution in [3.8, 4) is 0 Å². The van der Waals surface area contributed by atoms with Crippen molar-refractivity contribution >= 4 is 29.0 Å². The van der Waals surface area contributed by atoms with E-state index in [1.807, 2.05) is 30.3 Å². The van der Waals surface area contributed by atoms with E-state index in [2.05, 4.69) is 17.4 Å². The molecule has 1 aliphatic rings. The minimum absolute atomic E-state index is 0.00111. The second-order valence-corrected chi connectivity index (χ2v) is 6.23. The lowest BCUT2D eigenvalue weighted by Crippen LogP contribution is -2.14. The van der Waals surface area contributed by atoms with Crippen molar-refractivity contribution < 1.29 is 4.79 Å². The number of para-hydroxylation sites is 1. The molecular weight excluding hydrogens is 280 g/mol. The number of carbonyl (C=O) groups is 1. The van der Waals surface area contributed by atoms with Crippen molar-refractivity contribution in [3.05, 3.63) is 53.6 Å². The Bertz CT molecular complexity index is 670. The van der Waals surface area contributed by atoms with Gasteiger partial charge in [0.2, 0.25) is 5.91 Å². The highest BCUT2D eigenvalue weighted by molar-refractivity contribution is 8.00. The van der Waals surface area contributed by atoms with Gasteiger partial charge in [0.05, 0.1) is 5.75 Å². The fraction of sp³-hybridized carbons (Fsp3) is 0.235. The standard InChI is InChI=1S/C17H18N2OS/c18-15-6-1-2-7-16(15)21-11-17(20)19-14-9-8-12-4-3-5-13(12)10-14/h1-2,6-10H,3-5,11,18H2,(H,19,20). The van der Waals surface area contributed by atoms with E-state index in [0.717, 1.165) is 23.4 Å². The molecule has 2 aromatic carbocycles. The lowest BCUT2D eigenvalue weighted by atomic mass is 10.1. The Labute approximate surface area is 128 Å². The van der Waals surface area contributed by atoms with Gasteiger partial charge in [-0.25, -0.2) is 0 Å². The average Bonchev–Trinajstić information content (AvgIpc) is 2.94. The van der Waals surface area contributed by atoms with Crippen molar-refractivity contribution in [1.29, 1.82) is 0 Å². The SMILES string of the molecule is Nc1ccccc1SCC(=O)Nc1ccc2c(c1)CCC2. The molecule has 0 saturated heterocycles. The van der Waals surface area contributed by atoms with Gasteiger partial charge in [0, 0.05) is 16.3 Å². The van der Waals surface area contributed by atoms with Crippen LogP contribution >= 0.6 is 11.8 Å². The van der Waals surface area contributed by atoms with E-state index < -0.39 is 0 Å². The minimum Gasteiger partial charge on any atom is -0.398 e. The lowest BCUT2D eigenvalue weighted by molar-refractivity contribution is -0.113. The molecule has 0 unspecified atom stereocenters. The molecule has 4 heteroatoms. The molecule has 2 aromatic rings. The van der Waals surface area contributed by atoms with Gasteiger partial charge in [0.1, 0.15) is 0 Å². The predicted octanol–water partition coefficient (Wildman–Crippen LogP) is 3.49. The maximum atomic E-state index is 12.0. The molecule has 0 bridgehead atoms. The van der Waals surface area contributed by atoms with E-state index in [4.69, 9.17) is 5.73 Å². The summed E-state index contributed by atoms with van der Waals surface area (Å²) in [5.41, 5.74) is 10.3. The van der Waals surface area contributed by atoms with Gasteiger partial charge >= 0.3 is 0 Å². The summed E-state index contributed by atoms with van der Waals surface area (Å²) in [5, 5.41) is 2.96. The van der Waals surface area contributed by atoms with Gasteiger partial charge in [-0.15, -0.1) is 11.8 Å². The topological polar surface area (TPSA) is 55.1 Å². The van der Waals surface area contributed by atoms with Gasteiger partial charge in [0.25, 0.3) is 0 Å². The molecule has 3 N–H and O–H groups in total. The number of nitrogens with two attached hydrogens (primary N) is 1. The summed E-state index contributed by atoms with van der Waals surface area (Å²) in [6.45, 7) is 0. The molecule has 1 amide bonds. The molecule has 0 aliphatic heterocycles. The number of anilines is 2. The number of hydrogen-bond acceptors (Lipinski definition) is 3. The summed E-state index contributed by atoms with van der Waals surface area (Å²) in [6.07, 6.45) is 3.50. The maximum Gasteiger partial charge on any atom is 0.234 e. The number of benzene rings is 2. The van der Waals surface area contributed by atoms with Gasteiger partial charge in [-0.2, -0.15) is 0 Å². The number of hydrogen-bond donors (Lipinski definition) is 2. The fourth-order valence-electron chi connectivity index (χ4n) is 2.60. The van der Waals surface area contributed by atoms with Crippen molar-refractivity contribution in [2.75, 3.05) is 16.8 Å². The van der Waals surface area contributed by atoms with E-state index >= 15 is 0 Å². The van der Waals surface area contributed by atoms with Gasteiger partial charge in [0.15, 0.2) is 0 Å². The molecule has 0 heterocycles. The molecule has 3 rings (SSSR count). The highest BCUT2D eigenvalue weighted by atomic mass is 32.2. The lowest BCUT2D eigenvalue weighted by Gasteiger charge is -2.08. The number of amides is 1. The zero-order valence-corrected chi connectivity index (χ0v) is 12.6. The molecule has 0 saturated carbocycles. The first-order chi connectivity index (χ1) is 10.2. The van der Waals surface area contributed by atoms with Crippen LogP contribution in [0.15, 0.2) is 47.4 Å². The van der Waals surface area contributed by atoms with Crippen molar-refractivity contribution in [2.24, 2.45) is 0 Å². The van der Waals surface area contributed by atoms with E-state index in [9.17, 15) is 4.79 Å². The summed E-state index contributed by atoms with van der Waals surface area (Å²) in [5.74, 6) is 0.367. The summed E-state index contributed by atoms with van der Waals surface area (Å²) in [4.78, 5) is 13.0. The molecule has 0 spiro atoms. The van der Waals surface area contributed by atoms with Gasteiger partial charge in [-0.1, -0.05) is 18.2 Å². The normalized spacial score (nSPS) is 13.0. The van der Waals surface area contributed by atoms with Gasteiger partial charge in [-0.3, -0.25) is 4.79 Å². The van der Waals surface area contributed by atoms with Crippen molar-refractivity contribution in [3.63, 3.8) is 0 Å². The van der Waals surface area contributed by atoms with Gasteiger partial charge in [-0.05, 0) is 54.7 Å². The van der Waals surface area contributed by atoms with Crippen LogP contribution in [0.25, 0.3) is 0 Å². The van der Waals surface area contributed by atoms with Crippen LogP contribution in [0.3, 0.4) is 0 Å². The molecule has 108 valence electrons. The Hall–Kier alpha value is -1.94. The Morgan fingerprint density at radius 2 is 1.95 bits per heavy atom. The Morgan fingerprint density at radius 3 is 2.81 bits per heavy atom. The van der Waals surface area contributed by atoms with Crippen LogP contribution in [0.5, 0.6) is 0 Å². The Kier molecular flexibility index (Phi) is 4.15. The van der Waals surface area contributed by atoms with Crippen LogP contribution in [0.4, 0.5) is 11.4 Å². The second-order valence-electron chi connectivity index (χ2n) is 5.21. The molecule has 0 aromatic heterocycles. The predicted molar refractivity (Wildman–Crippen MR) is 88.7 cm³/mol. The first kappa shape index (κ1) is 14.0. The number of aryl methyl sites for hydroxylation is 2. The van der Waals surface area contributed by atoms with Crippen LogP contribution in [-0.2, 0) is 17.6 Å². The third-order valence-electron chi connectivity index (χ3n) is 3.66. The summed E-state index contributed by atoms with van der Waals surface area (Å²) in [7, 11) is 0. The Morgan fingerprint density at radius 1 is 1.14 bits per heavy atom. The van der Waals surface area contributed by atoms with Crippen LogP contribution in [0.2, 0.25) is 0 Å². The highest BCUT2D eigenvalue weighted by Gasteiger charge is 2.12. The third kappa shape index (κ3) is 3.39. The van der Waals surface area contributed by atoms with E-state index in [1.165, 1.54) is 29.3 Å². The molecule has 0 atom stereocenters. The van der Waals surface area contributed by atoms with Crippen LogP contribution in [-0.4, -0.2) is 11.7 Å². The number of fused-ring (bicyclic) bond motifs is 1. The van der Waals surface area contributed by atoms with E-state index in [-0.39, 0.29) is 5.91 Å². The maximum absolute atomic E-state index is 12.0. The molecule has 0 radical (unpaired) electrons. The van der Waals surface area contributed by atoms with Crippen molar-refractivity contribution in [1.82, 2.24) is 0 Å². The van der Waals surface area contributed by atoms with Crippen LogP contribution in [0.1, 0.15) is 17.5 Å². The van der Waals surface area contributed by atoms with Crippen LogP contribution in [0, 0.1) is 0 Å². The largest absolute Gasteiger partial charge is 0.398 e. The number of carbonyl (C=O) groups excluding carboxylic acids is 1. The van der Waals surface area contributed by atoms with Crippen LogP contribution < -0.4 is 11.1 Å². The average molecular weight is 298 g/mol. The molecule has 21 heavy (non-hydrogen) atoms. The molecule has 1 aliphatic carbocycles. The number of rotatable bonds is 4. The quantitative estimate of drug-likeness (QED) is 0.671. The number of thioether (sulfide) groups is 1. The zero-order chi connectivity index (χ0) is 14.7. The highest BCUT2D eigenvalue weighted by Crippen LogP contribution is 2.26. The zero-order valence-electron chi connectivity index (χ0n) is 11.8. The first-order valence-corrected chi connectivity index (χ1v) is 8.10. The second kappa shape index (κ2) is 6.22. The third-order valence-corrected chi connectivity index (χ3v) is 4.75. The minimum atomic E-state index is 0.00111. The molecular formula is C17H18N2OS. The smallest absolute Gasteiger partial charge is 0.234 e. The first-order valence-electron chi connectivity index (χ1n) is 7.11. The fourth-order valence-corrected chi connectivity index (χ4v) is 3.37.